The second-order valence-electron chi connectivity index (χ2n) is 3.10. The molecule has 1 saturated heterocycles. The van der Waals surface area contributed by atoms with Gasteiger partial charge in [-0.3, -0.25) is 0 Å². The number of nitrogens with zero attached hydrogens (tertiary/aromatic N) is 3. The van der Waals surface area contributed by atoms with Crippen LogP contribution >= 0.6 is 12.4 Å². The van der Waals surface area contributed by atoms with Crippen molar-refractivity contribution in [2.45, 2.75) is 25.3 Å². The van der Waals surface area contributed by atoms with E-state index in [1.165, 1.54) is 6.42 Å². The number of halogens is 1. The number of nitrogens with one attached hydrogen (secondary N) is 2. The van der Waals surface area contributed by atoms with Crippen LogP contribution in [0.15, 0.2) is 0 Å². The van der Waals surface area contributed by atoms with Gasteiger partial charge in [-0.05, 0) is 26.3 Å². The molecule has 0 bridgehead atoms. The molecule has 0 radical (unpaired) electrons. The predicted molar refractivity (Wildman–Crippen MR) is 46.0 cm³/mol. The maximum atomic E-state index is 3.96. The van der Waals surface area contributed by atoms with Crippen molar-refractivity contribution < 1.29 is 0 Å². The number of rotatable bonds is 1. The molecule has 2 rings (SSSR count). The van der Waals surface area contributed by atoms with Crippen molar-refractivity contribution in [3.05, 3.63) is 5.82 Å². The van der Waals surface area contributed by atoms with Gasteiger partial charge in [-0.1, -0.05) is 5.21 Å². The van der Waals surface area contributed by atoms with Crippen LogP contribution in [0.5, 0.6) is 0 Å². The largest absolute Gasteiger partial charge is 0.305 e. The van der Waals surface area contributed by atoms with Crippen LogP contribution in [0.3, 0.4) is 0 Å². The Hall–Kier alpha value is -0.680. The molecule has 1 aliphatic rings. The van der Waals surface area contributed by atoms with E-state index in [0.29, 0.717) is 0 Å². The van der Waals surface area contributed by atoms with Gasteiger partial charge in [-0.25, -0.2) is 0 Å². The molecule has 1 aliphatic heterocycles. The second kappa shape index (κ2) is 3.37. The fraction of sp³-hybridized carbons (Fsp3) is 0.833. The van der Waals surface area contributed by atoms with E-state index in [2.05, 4.69) is 32.9 Å². The van der Waals surface area contributed by atoms with E-state index in [1.54, 1.807) is 0 Å². The molecule has 1 atom stereocenters. The number of tetrazole rings is 1. The zero-order chi connectivity index (χ0) is 7.73. The van der Waals surface area contributed by atoms with Gasteiger partial charge in [-0.15, -0.1) is 22.6 Å². The third kappa shape index (κ3) is 1.42. The summed E-state index contributed by atoms with van der Waals surface area (Å²) in [7, 11) is 0. The fourth-order valence-electron chi connectivity index (χ4n) is 1.48. The lowest BCUT2D eigenvalue weighted by Gasteiger charge is -2.18. The van der Waals surface area contributed by atoms with E-state index in [-0.39, 0.29) is 17.9 Å². The third-order valence-electron chi connectivity index (χ3n) is 2.21. The van der Waals surface area contributed by atoms with E-state index in [4.69, 9.17) is 0 Å². The number of aromatic amines is 1. The molecule has 6 heteroatoms. The maximum absolute atomic E-state index is 3.96. The average molecular weight is 190 g/mol. The van der Waals surface area contributed by atoms with Gasteiger partial charge in [0.2, 0.25) is 0 Å². The van der Waals surface area contributed by atoms with Crippen molar-refractivity contribution >= 4 is 12.4 Å². The first-order valence-corrected chi connectivity index (χ1v) is 3.80. The highest BCUT2D eigenvalue weighted by Gasteiger charge is 2.33. The number of aromatic nitrogens is 4. The summed E-state index contributed by atoms with van der Waals surface area (Å²) in [6.45, 7) is 3.15. The van der Waals surface area contributed by atoms with Gasteiger partial charge in [-0.2, -0.15) is 5.21 Å². The highest BCUT2D eigenvalue weighted by molar-refractivity contribution is 5.85. The van der Waals surface area contributed by atoms with Crippen LogP contribution < -0.4 is 5.32 Å². The quantitative estimate of drug-likeness (QED) is 0.664. The van der Waals surface area contributed by atoms with Crippen LogP contribution in [-0.4, -0.2) is 27.2 Å². The summed E-state index contributed by atoms with van der Waals surface area (Å²) in [6.07, 6.45) is 2.28. The summed E-state index contributed by atoms with van der Waals surface area (Å²) in [5.74, 6) is 0.773. The Labute approximate surface area is 76.7 Å². The summed E-state index contributed by atoms with van der Waals surface area (Å²) in [4.78, 5) is 0. The number of hydrogen-bond donors (Lipinski definition) is 2. The van der Waals surface area contributed by atoms with Gasteiger partial charge in [0.15, 0.2) is 5.82 Å². The van der Waals surface area contributed by atoms with E-state index in [1.807, 2.05) is 0 Å². The molecule has 0 spiro atoms. The van der Waals surface area contributed by atoms with Gasteiger partial charge in [0.1, 0.15) is 0 Å². The lowest BCUT2D eigenvalue weighted by atomic mass is 10.0. The Morgan fingerprint density at radius 1 is 1.50 bits per heavy atom. The lowest BCUT2D eigenvalue weighted by Crippen LogP contribution is -2.34. The zero-order valence-corrected chi connectivity index (χ0v) is 7.69. The molecule has 68 valence electrons. The van der Waals surface area contributed by atoms with Gasteiger partial charge in [0, 0.05) is 0 Å². The topological polar surface area (TPSA) is 66.5 Å². The molecule has 5 nitrogen and oxygen atoms in total. The first kappa shape index (κ1) is 9.41. The third-order valence-corrected chi connectivity index (χ3v) is 2.21. The molecule has 0 saturated carbocycles. The summed E-state index contributed by atoms with van der Waals surface area (Å²) < 4.78 is 0. The first-order valence-electron chi connectivity index (χ1n) is 3.80. The second-order valence-corrected chi connectivity index (χ2v) is 3.10. The molecule has 1 aromatic heterocycles. The SMILES string of the molecule is CC1(c2nn[nH]n2)CCCN1.Cl. The van der Waals surface area contributed by atoms with Crippen molar-refractivity contribution in [1.29, 1.82) is 0 Å². The smallest absolute Gasteiger partial charge is 0.194 e. The number of H-pyrrole nitrogens is 1. The van der Waals surface area contributed by atoms with Crippen LogP contribution in [0.4, 0.5) is 0 Å². The van der Waals surface area contributed by atoms with Crippen molar-refractivity contribution in [3.8, 4) is 0 Å². The molecule has 12 heavy (non-hydrogen) atoms. The Bertz CT molecular complexity index is 228. The highest BCUT2D eigenvalue weighted by Crippen LogP contribution is 2.26. The predicted octanol–water partition coefficient (Wildman–Crippen LogP) is 0.220. The van der Waals surface area contributed by atoms with Crippen LogP contribution in [0.2, 0.25) is 0 Å². The van der Waals surface area contributed by atoms with E-state index in [9.17, 15) is 0 Å². The van der Waals surface area contributed by atoms with Gasteiger partial charge >= 0.3 is 0 Å². The van der Waals surface area contributed by atoms with E-state index < -0.39 is 0 Å². The lowest BCUT2D eigenvalue weighted by molar-refractivity contribution is 0.407. The molecule has 1 aromatic rings. The summed E-state index contributed by atoms with van der Waals surface area (Å²) >= 11 is 0. The van der Waals surface area contributed by atoms with Gasteiger partial charge in [0.25, 0.3) is 0 Å². The van der Waals surface area contributed by atoms with Crippen LogP contribution in [0, 0.1) is 0 Å². The summed E-state index contributed by atoms with van der Waals surface area (Å²) in [5, 5.41) is 17.3. The molecule has 0 amide bonds. The van der Waals surface area contributed by atoms with Crippen LogP contribution in [0.25, 0.3) is 0 Å². The van der Waals surface area contributed by atoms with Crippen LogP contribution in [-0.2, 0) is 5.54 Å². The van der Waals surface area contributed by atoms with Crippen molar-refractivity contribution in [2.75, 3.05) is 6.54 Å². The van der Waals surface area contributed by atoms with Crippen molar-refractivity contribution in [3.63, 3.8) is 0 Å². The maximum Gasteiger partial charge on any atom is 0.194 e. The van der Waals surface area contributed by atoms with Crippen LogP contribution in [0.1, 0.15) is 25.6 Å². The molecular weight excluding hydrogens is 178 g/mol. The monoisotopic (exact) mass is 189 g/mol. The minimum absolute atomic E-state index is 0. The van der Waals surface area contributed by atoms with Crippen molar-refractivity contribution in [2.24, 2.45) is 0 Å². The molecule has 0 aromatic carbocycles. The molecule has 2 heterocycles. The first-order chi connectivity index (χ1) is 5.31. The summed E-state index contributed by atoms with van der Waals surface area (Å²) in [5.41, 5.74) is -0.0486. The highest BCUT2D eigenvalue weighted by atomic mass is 35.5. The van der Waals surface area contributed by atoms with Crippen molar-refractivity contribution in [1.82, 2.24) is 25.9 Å². The minimum atomic E-state index is -0.0486. The Morgan fingerprint density at radius 2 is 2.33 bits per heavy atom. The average Bonchev–Trinajstić information content (AvgIpc) is 2.55. The Morgan fingerprint density at radius 3 is 2.83 bits per heavy atom. The zero-order valence-electron chi connectivity index (χ0n) is 6.87. The fourth-order valence-corrected chi connectivity index (χ4v) is 1.48. The summed E-state index contributed by atoms with van der Waals surface area (Å²) in [6, 6.07) is 0. The normalized spacial score (nSPS) is 28.4. The molecule has 0 aliphatic carbocycles. The number of hydrogen-bond acceptors (Lipinski definition) is 4. The minimum Gasteiger partial charge on any atom is -0.305 e. The van der Waals surface area contributed by atoms with E-state index >= 15 is 0 Å². The molecular formula is C6H12ClN5. The van der Waals surface area contributed by atoms with Gasteiger partial charge in [0.05, 0.1) is 5.54 Å². The Kier molecular flexibility index (Phi) is 2.64. The van der Waals surface area contributed by atoms with E-state index in [0.717, 1.165) is 18.8 Å². The molecule has 2 N–H and O–H groups in total. The van der Waals surface area contributed by atoms with Gasteiger partial charge < -0.3 is 5.32 Å². The molecule has 1 unspecified atom stereocenters. The standard InChI is InChI=1S/C6H11N5.ClH/c1-6(3-2-4-7-6)5-8-10-11-9-5;/h7H,2-4H2,1H3,(H,8,9,10,11);1H. The Balaban J connectivity index is 0.000000720. The molecule has 1 fully saturated rings.